The molecule has 0 bridgehead atoms. The average molecular weight is 786 g/mol. The Morgan fingerprint density at radius 3 is 0.558 bits per heavy atom. The van der Waals surface area contributed by atoms with Crippen molar-refractivity contribution >= 4 is 85.4 Å². The van der Waals surface area contributed by atoms with Gasteiger partial charge in [-0.2, -0.15) is 0 Å². The first-order chi connectivity index (χ1) is 18.4. The zero-order chi connectivity index (χ0) is 34.8. The van der Waals surface area contributed by atoms with Gasteiger partial charge < -0.3 is 41.5 Å². The maximum atomic E-state index is 7.11. The van der Waals surface area contributed by atoms with Crippen molar-refractivity contribution < 1.29 is 41.5 Å². The third kappa shape index (κ3) is 21.4. The van der Waals surface area contributed by atoms with E-state index in [-0.39, 0.29) is 6.61 Å². The molecule has 0 N–H and O–H groups in total. The monoisotopic (exact) mass is 784 g/mol. The zero-order valence-corrected chi connectivity index (χ0v) is 41.8. The normalized spacial score (nSPS) is 15.8. The fourth-order valence-electron chi connectivity index (χ4n) is 4.53. The van der Waals surface area contributed by atoms with Gasteiger partial charge in [-0.1, -0.05) is 0 Å². The van der Waals surface area contributed by atoms with E-state index in [1.165, 1.54) is 0 Å². The van der Waals surface area contributed by atoms with Gasteiger partial charge in [-0.25, -0.2) is 0 Å². The molecule has 0 rings (SSSR count). The number of hydrogen-bond acceptors (Lipinski definition) is 10. The molecule has 0 aliphatic carbocycles. The molecule has 0 aromatic heterocycles. The summed E-state index contributed by atoms with van der Waals surface area (Å²) in [5.41, 5.74) is 0. The van der Waals surface area contributed by atoms with Crippen LogP contribution in [0.4, 0.5) is 0 Å². The second-order valence-electron chi connectivity index (χ2n) is 17.1. The SMILES string of the molecule is CCO[Si](O[Si](C)(O[Si](C)(C)C)O[Si](C)(C)C)(O[Si](C)(O[Si](C)(C)C)O[Si](C)(C)C)O[Si](C)(O[Si](C)(C)C)O[Si](C)(C)C. The molecule has 0 amide bonds. The van der Waals surface area contributed by atoms with Crippen molar-refractivity contribution in [3.05, 3.63) is 0 Å². The molecule has 260 valence electrons. The van der Waals surface area contributed by atoms with E-state index in [0.717, 1.165) is 0 Å². The Labute approximate surface area is 276 Å². The lowest BCUT2D eigenvalue weighted by Crippen LogP contribution is -2.72. The van der Waals surface area contributed by atoms with Crippen LogP contribution in [0, 0.1) is 0 Å². The van der Waals surface area contributed by atoms with Gasteiger partial charge in [0.05, 0.1) is 0 Å². The highest BCUT2D eigenvalue weighted by molar-refractivity contribution is 6.93. The van der Waals surface area contributed by atoms with Gasteiger partial charge in [-0.05, 0) is 125 Å². The van der Waals surface area contributed by atoms with Crippen molar-refractivity contribution in [3.8, 4) is 0 Å². The molecule has 10 nitrogen and oxygen atoms in total. The summed E-state index contributed by atoms with van der Waals surface area (Å²) < 4.78 is 68.7. The number of rotatable bonds is 20. The van der Waals surface area contributed by atoms with Crippen molar-refractivity contribution in [1.82, 2.24) is 0 Å². The van der Waals surface area contributed by atoms with Crippen LogP contribution in [0.3, 0.4) is 0 Å². The molecule has 43 heavy (non-hydrogen) atoms. The molecule has 0 heterocycles. The first-order valence-electron chi connectivity index (χ1n) is 15.4. The predicted molar refractivity (Wildman–Crippen MR) is 202 cm³/mol. The van der Waals surface area contributed by atoms with Gasteiger partial charge in [0.1, 0.15) is 0 Å². The smallest absolute Gasteiger partial charge is 0.417 e. The van der Waals surface area contributed by atoms with Crippen LogP contribution >= 0.6 is 0 Å². The summed E-state index contributed by atoms with van der Waals surface area (Å²) >= 11 is 0. The molecule has 0 aliphatic heterocycles. The highest BCUT2D eigenvalue weighted by atomic mass is 28.6. The molecule has 0 aromatic rings. The highest BCUT2D eigenvalue weighted by Crippen LogP contribution is 2.35. The maximum Gasteiger partial charge on any atom is 0.657 e. The second kappa shape index (κ2) is 15.1. The summed E-state index contributed by atoms with van der Waals surface area (Å²) in [5, 5.41) is 0. The molecular formula is C23H68O10Si10. The van der Waals surface area contributed by atoms with E-state index in [4.69, 9.17) is 41.5 Å². The summed E-state index contributed by atoms with van der Waals surface area (Å²) in [6.45, 7) is 46.3. The topological polar surface area (TPSA) is 92.3 Å². The van der Waals surface area contributed by atoms with E-state index in [1.807, 2.05) is 26.6 Å². The highest BCUT2D eigenvalue weighted by Gasteiger charge is 2.66. The van der Waals surface area contributed by atoms with E-state index < -0.39 is 85.4 Å². The lowest BCUT2D eigenvalue weighted by molar-refractivity contribution is 0.0296. The van der Waals surface area contributed by atoms with Crippen molar-refractivity contribution in [3.63, 3.8) is 0 Å². The van der Waals surface area contributed by atoms with Gasteiger partial charge in [0.15, 0.2) is 49.9 Å². The molecule has 0 saturated heterocycles. The molecule has 0 unspecified atom stereocenters. The average Bonchev–Trinajstić information content (AvgIpc) is 2.48. The van der Waals surface area contributed by atoms with Crippen LogP contribution < -0.4 is 0 Å². The molecule has 0 spiro atoms. The van der Waals surface area contributed by atoms with Crippen LogP contribution in [0.2, 0.25) is 137 Å². The molecule has 0 aliphatic rings. The Bertz CT molecular complexity index is 716. The van der Waals surface area contributed by atoms with E-state index in [0.29, 0.717) is 0 Å². The van der Waals surface area contributed by atoms with Crippen molar-refractivity contribution in [2.45, 2.75) is 144 Å². The van der Waals surface area contributed by atoms with Crippen LogP contribution in [0.15, 0.2) is 0 Å². The third-order valence-corrected chi connectivity index (χ3v) is 35.9. The van der Waals surface area contributed by atoms with Crippen LogP contribution in [0.5, 0.6) is 0 Å². The minimum absolute atomic E-state index is 0.269. The Morgan fingerprint density at radius 2 is 0.442 bits per heavy atom. The Morgan fingerprint density at radius 1 is 0.279 bits per heavy atom. The minimum atomic E-state index is -4.23. The molecule has 0 atom stereocenters. The second-order valence-corrected chi connectivity index (χ2v) is 56.3. The van der Waals surface area contributed by atoms with E-state index in [9.17, 15) is 0 Å². The quantitative estimate of drug-likeness (QED) is 0.112. The minimum Gasteiger partial charge on any atom is -0.417 e. The van der Waals surface area contributed by atoms with Crippen LogP contribution in [-0.2, 0) is 41.5 Å². The van der Waals surface area contributed by atoms with E-state index >= 15 is 0 Å². The molecule has 0 radical (unpaired) electrons. The van der Waals surface area contributed by atoms with Crippen LogP contribution in [-0.4, -0.2) is 92.0 Å². The number of hydrogen-bond donors (Lipinski definition) is 0. The summed E-state index contributed by atoms with van der Waals surface area (Å²) in [7, 11) is -27.6. The maximum absolute atomic E-state index is 7.11. The molecule has 0 aromatic carbocycles. The summed E-state index contributed by atoms with van der Waals surface area (Å²) in [6.07, 6.45) is 0. The molecule has 0 fully saturated rings. The fraction of sp³-hybridized carbons (Fsp3) is 1.00. The molecule has 0 saturated carbocycles. The fourth-order valence-corrected chi connectivity index (χ4v) is 44.2. The largest absolute Gasteiger partial charge is 0.657 e. The molecule has 20 heteroatoms. The van der Waals surface area contributed by atoms with Gasteiger partial charge in [0.2, 0.25) is 0 Å². The predicted octanol–water partition coefficient (Wildman–Crippen LogP) is 8.32. The van der Waals surface area contributed by atoms with Crippen LogP contribution in [0.1, 0.15) is 6.92 Å². The van der Waals surface area contributed by atoms with Gasteiger partial charge in [0.25, 0.3) is 0 Å². The third-order valence-electron chi connectivity index (χ3n) is 4.20. The first kappa shape index (κ1) is 44.8. The first-order valence-corrected chi connectivity index (χ1v) is 44.1. The van der Waals surface area contributed by atoms with E-state index in [2.05, 4.69) is 118 Å². The lowest BCUT2D eigenvalue weighted by atomic mass is 10.9. The van der Waals surface area contributed by atoms with Gasteiger partial charge in [0, 0.05) is 26.2 Å². The summed E-state index contributed by atoms with van der Waals surface area (Å²) in [4.78, 5) is 0. The summed E-state index contributed by atoms with van der Waals surface area (Å²) in [5.74, 6) is 0. The molecular weight excluding hydrogens is 717 g/mol. The van der Waals surface area contributed by atoms with E-state index in [1.54, 1.807) is 0 Å². The van der Waals surface area contributed by atoms with Crippen LogP contribution in [0.25, 0.3) is 0 Å². The summed E-state index contributed by atoms with van der Waals surface area (Å²) in [6, 6.07) is 0. The van der Waals surface area contributed by atoms with Crippen molar-refractivity contribution in [2.75, 3.05) is 6.61 Å². The zero-order valence-electron chi connectivity index (χ0n) is 31.8. The Kier molecular flexibility index (Phi) is 15.7. The Balaban J connectivity index is 7.62. The van der Waals surface area contributed by atoms with Gasteiger partial charge >= 0.3 is 35.5 Å². The van der Waals surface area contributed by atoms with Crippen molar-refractivity contribution in [2.24, 2.45) is 0 Å². The standard InChI is InChI=1S/C23H68O10Si10/c1-23-24-43(31-40(20,25-34(2,3)4)26-35(5,6)7,32-41(21,27-36(8,9)10)28-37(11,12)13)33-42(22,29-38(14,15)16)30-39(17,18)19/h23H2,1-22H3. The van der Waals surface area contributed by atoms with Crippen molar-refractivity contribution in [1.29, 1.82) is 0 Å². The Hall–Kier alpha value is 1.77. The van der Waals surface area contributed by atoms with Gasteiger partial charge in [-0.3, -0.25) is 0 Å². The lowest BCUT2D eigenvalue weighted by Gasteiger charge is -2.47. The van der Waals surface area contributed by atoms with Gasteiger partial charge in [-0.15, -0.1) is 0 Å².